The van der Waals surface area contributed by atoms with Gasteiger partial charge in [0, 0.05) is 42.4 Å². The third-order valence-corrected chi connectivity index (χ3v) is 7.38. The Morgan fingerprint density at radius 2 is 1.91 bits per heavy atom. The SMILES string of the molecule is Cn1cnc(-c2cc(O)c(-c3ccc(N(C4CC4)C4C[C@H]5CC[C@H](N5)C4F)nn3)cc2F)cc1=O. The molecule has 3 aromatic rings. The van der Waals surface area contributed by atoms with Crippen molar-refractivity contribution in [3.05, 3.63) is 52.8 Å². The second-order valence-corrected chi connectivity index (χ2v) is 9.78. The third-order valence-electron chi connectivity index (χ3n) is 7.38. The van der Waals surface area contributed by atoms with Gasteiger partial charge in [0.25, 0.3) is 5.56 Å². The van der Waals surface area contributed by atoms with Gasteiger partial charge in [0.1, 0.15) is 17.7 Å². The average Bonchev–Trinajstić information content (AvgIpc) is 3.60. The maximum absolute atomic E-state index is 15.3. The molecule has 1 aliphatic carbocycles. The van der Waals surface area contributed by atoms with Crippen molar-refractivity contribution >= 4 is 5.82 Å². The van der Waals surface area contributed by atoms with Gasteiger partial charge in [0.05, 0.1) is 23.8 Å². The molecule has 1 saturated carbocycles. The van der Waals surface area contributed by atoms with Gasteiger partial charge >= 0.3 is 0 Å². The number of benzene rings is 1. The highest BCUT2D eigenvalue weighted by atomic mass is 19.1. The van der Waals surface area contributed by atoms with E-state index in [4.69, 9.17) is 0 Å². The minimum Gasteiger partial charge on any atom is -0.507 e. The summed E-state index contributed by atoms with van der Waals surface area (Å²) in [5.41, 5.74) is 0.285. The molecule has 6 rings (SSSR count). The van der Waals surface area contributed by atoms with E-state index in [-0.39, 0.29) is 46.3 Å². The smallest absolute Gasteiger partial charge is 0.253 e. The normalized spacial score (nSPS) is 25.6. The fourth-order valence-corrected chi connectivity index (χ4v) is 5.40. The summed E-state index contributed by atoms with van der Waals surface area (Å²) in [6.45, 7) is 0. The van der Waals surface area contributed by atoms with Gasteiger partial charge < -0.3 is 19.9 Å². The number of nitrogens with zero attached hydrogens (tertiary/aromatic N) is 5. The number of fused-ring (bicyclic) bond motifs is 2. The van der Waals surface area contributed by atoms with Crippen LogP contribution in [-0.4, -0.2) is 55.2 Å². The number of aromatic nitrogens is 4. The number of halogens is 2. The van der Waals surface area contributed by atoms with Gasteiger partial charge in [-0.1, -0.05) is 0 Å². The number of alkyl halides is 1. The Morgan fingerprint density at radius 3 is 2.63 bits per heavy atom. The minimum absolute atomic E-state index is 0.0166. The van der Waals surface area contributed by atoms with E-state index in [0.717, 1.165) is 38.2 Å². The van der Waals surface area contributed by atoms with Crippen molar-refractivity contribution in [3.8, 4) is 28.3 Å². The fraction of sp³-hybridized carbons (Fsp3) is 0.440. The first-order valence-electron chi connectivity index (χ1n) is 12.0. The first kappa shape index (κ1) is 22.1. The quantitative estimate of drug-likeness (QED) is 0.580. The second kappa shape index (κ2) is 8.37. The highest BCUT2D eigenvalue weighted by molar-refractivity contribution is 5.73. The van der Waals surface area contributed by atoms with Gasteiger partial charge in [-0.05, 0) is 56.4 Å². The number of phenols is 1. The Kier molecular flexibility index (Phi) is 5.28. The topological polar surface area (TPSA) is 96.2 Å². The number of aryl methyl sites for hydroxylation is 1. The van der Waals surface area contributed by atoms with Crippen LogP contribution in [0.25, 0.3) is 22.5 Å². The lowest BCUT2D eigenvalue weighted by molar-refractivity contribution is 0.171. The molecule has 0 amide bonds. The van der Waals surface area contributed by atoms with E-state index in [0.29, 0.717) is 17.6 Å². The van der Waals surface area contributed by atoms with E-state index in [9.17, 15) is 14.3 Å². The molecule has 2 aromatic heterocycles. The molecule has 0 radical (unpaired) electrons. The van der Waals surface area contributed by atoms with Crippen molar-refractivity contribution in [1.82, 2.24) is 25.1 Å². The monoisotopic (exact) mass is 480 g/mol. The van der Waals surface area contributed by atoms with E-state index < -0.39 is 12.0 Å². The summed E-state index contributed by atoms with van der Waals surface area (Å²) >= 11 is 0. The summed E-state index contributed by atoms with van der Waals surface area (Å²) in [5, 5.41) is 22.6. The van der Waals surface area contributed by atoms with Crippen LogP contribution < -0.4 is 15.8 Å². The Hall–Kier alpha value is -3.40. The molecule has 35 heavy (non-hydrogen) atoms. The van der Waals surface area contributed by atoms with Crippen molar-refractivity contribution in [3.63, 3.8) is 0 Å². The van der Waals surface area contributed by atoms with Crippen LogP contribution in [-0.2, 0) is 7.05 Å². The molecule has 1 aromatic carbocycles. The zero-order valence-electron chi connectivity index (χ0n) is 19.2. The zero-order valence-corrected chi connectivity index (χ0v) is 19.2. The minimum atomic E-state index is -0.968. The van der Waals surface area contributed by atoms with Crippen LogP contribution in [0.2, 0.25) is 0 Å². The number of piperidine rings is 1. The summed E-state index contributed by atoms with van der Waals surface area (Å²) in [5.74, 6) is -0.246. The number of rotatable bonds is 5. The van der Waals surface area contributed by atoms with Crippen LogP contribution >= 0.6 is 0 Å². The van der Waals surface area contributed by atoms with Crippen LogP contribution in [0, 0.1) is 5.82 Å². The Labute approximate surface area is 200 Å². The number of aromatic hydroxyl groups is 1. The van der Waals surface area contributed by atoms with E-state index in [1.165, 1.54) is 23.0 Å². The van der Waals surface area contributed by atoms with Crippen molar-refractivity contribution < 1.29 is 13.9 Å². The van der Waals surface area contributed by atoms with Gasteiger partial charge in [-0.2, -0.15) is 0 Å². The van der Waals surface area contributed by atoms with Crippen molar-refractivity contribution in [2.45, 2.75) is 62.4 Å². The molecule has 3 aliphatic rings. The molecule has 3 fully saturated rings. The summed E-state index contributed by atoms with van der Waals surface area (Å²) in [6, 6.07) is 7.30. The Balaban J connectivity index is 1.29. The second-order valence-electron chi connectivity index (χ2n) is 9.78. The Bertz CT molecular complexity index is 1330. The molecule has 0 spiro atoms. The van der Waals surface area contributed by atoms with Gasteiger partial charge in [-0.25, -0.2) is 13.8 Å². The molecule has 4 atom stereocenters. The molecule has 2 N–H and O–H groups in total. The first-order chi connectivity index (χ1) is 16.9. The highest BCUT2D eigenvalue weighted by Crippen LogP contribution is 2.40. The molecule has 4 heterocycles. The maximum atomic E-state index is 15.3. The zero-order chi connectivity index (χ0) is 24.3. The van der Waals surface area contributed by atoms with Gasteiger partial charge in [-0.3, -0.25) is 4.79 Å². The average molecular weight is 481 g/mol. The number of hydrogen-bond donors (Lipinski definition) is 2. The van der Waals surface area contributed by atoms with Crippen LogP contribution in [0.1, 0.15) is 32.1 Å². The van der Waals surface area contributed by atoms with Crippen molar-refractivity contribution in [1.29, 1.82) is 0 Å². The van der Waals surface area contributed by atoms with E-state index in [2.05, 4.69) is 25.4 Å². The molecule has 182 valence electrons. The summed E-state index contributed by atoms with van der Waals surface area (Å²) in [7, 11) is 1.55. The largest absolute Gasteiger partial charge is 0.507 e. The molecular formula is C25H26F2N6O2. The van der Waals surface area contributed by atoms with Crippen LogP contribution in [0.3, 0.4) is 0 Å². The molecule has 8 nitrogen and oxygen atoms in total. The van der Waals surface area contributed by atoms with E-state index in [1.54, 1.807) is 19.2 Å². The molecule has 2 bridgehead atoms. The predicted octanol–water partition coefficient (Wildman–Crippen LogP) is 2.95. The third kappa shape index (κ3) is 3.95. The summed E-state index contributed by atoms with van der Waals surface area (Å²) in [4.78, 5) is 18.1. The molecule has 2 unspecified atom stereocenters. The number of anilines is 1. The lowest BCUT2D eigenvalue weighted by Gasteiger charge is -2.41. The van der Waals surface area contributed by atoms with Crippen LogP contribution in [0.5, 0.6) is 5.75 Å². The number of nitrogens with one attached hydrogen (secondary N) is 1. The summed E-state index contributed by atoms with van der Waals surface area (Å²) < 4.78 is 31.5. The van der Waals surface area contributed by atoms with Crippen LogP contribution in [0.4, 0.5) is 14.6 Å². The van der Waals surface area contributed by atoms with E-state index >= 15 is 4.39 Å². The molecular weight excluding hydrogens is 454 g/mol. The number of phenolic OH excluding ortho intramolecular Hbond substituents is 1. The first-order valence-corrected chi connectivity index (χ1v) is 12.0. The van der Waals surface area contributed by atoms with Gasteiger partial charge in [0.2, 0.25) is 0 Å². The molecule has 2 saturated heterocycles. The lowest BCUT2D eigenvalue weighted by atomic mass is 9.95. The Morgan fingerprint density at radius 1 is 1.09 bits per heavy atom. The van der Waals surface area contributed by atoms with E-state index in [1.807, 2.05) is 0 Å². The summed E-state index contributed by atoms with van der Waals surface area (Å²) in [6.07, 6.45) is 4.93. The molecule has 2 aliphatic heterocycles. The van der Waals surface area contributed by atoms with Crippen LogP contribution in [0.15, 0.2) is 41.5 Å². The van der Waals surface area contributed by atoms with Gasteiger partial charge in [0.15, 0.2) is 5.82 Å². The fourth-order valence-electron chi connectivity index (χ4n) is 5.40. The van der Waals surface area contributed by atoms with Crippen molar-refractivity contribution in [2.75, 3.05) is 4.90 Å². The highest BCUT2D eigenvalue weighted by Gasteiger charge is 2.48. The maximum Gasteiger partial charge on any atom is 0.253 e. The van der Waals surface area contributed by atoms with Crippen molar-refractivity contribution in [2.24, 2.45) is 7.05 Å². The number of hydrogen-bond acceptors (Lipinski definition) is 7. The van der Waals surface area contributed by atoms with Gasteiger partial charge in [-0.15, -0.1) is 10.2 Å². The molecule has 10 heteroatoms. The standard InChI is InChI=1S/C25H26F2N6O2/c1-32-12-28-20(11-24(32)35)15-10-22(34)16(9-17(15)26)18-6-7-23(31-30-18)33(14-3-4-14)21-8-13-2-5-19(29-13)25(21)27/h6-7,9-14,19,21,25,29,34H,2-5,8H2,1H3/t13-,19+,21?,25?/m1/s1. The predicted molar refractivity (Wildman–Crippen MR) is 126 cm³/mol. The lowest BCUT2D eigenvalue weighted by Crippen LogP contribution is -2.57.